The van der Waals surface area contributed by atoms with E-state index in [-0.39, 0.29) is 22.6 Å². The summed E-state index contributed by atoms with van der Waals surface area (Å²) in [6, 6.07) is 12.1. The minimum absolute atomic E-state index is 0.0669. The fourth-order valence-electron chi connectivity index (χ4n) is 5.03. The lowest BCUT2D eigenvalue weighted by atomic mass is 9.68. The van der Waals surface area contributed by atoms with Crippen molar-refractivity contribution in [1.29, 1.82) is 0 Å². The highest BCUT2D eigenvalue weighted by Crippen LogP contribution is 2.48. The summed E-state index contributed by atoms with van der Waals surface area (Å²) in [4.78, 5) is 14.9. The topological polar surface area (TPSA) is 38.8 Å². The van der Waals surface area contributed by atoms with Gasteiger partial charge in [-0.3, -0.25) is 4.90 Å². The quantitative estimate of drug-likeness (QED) is 0.598. The van der Waals surface area contributed by atoms with Gasteiger partial charge in [0.2, 0.25) is 0 Å². The first-order valence-electron chi connectivity index (χ1n) is 10.5. The van der Waals surface area contributed by atoms with Crippen LogP contribution in [0.1, 0.15) is 52.7 Å². The van der Waals surface area contributed by atoms with Gasteiger partial charge in [0.05, 0.1) is 12.7 Å². The number of carbonyl (C=O) groups is 1. The van der Waals surface area contributed by atoms with Crippen molar-refractivity contribution in [3.63, 3.8) is 0 Å². The number of fused-ring (bicyclic) bond motifs is 1. The Morgan fingerprint density at radius 2 is 1.97 bits per heavy atom. The van der Waals surface area contributed by atoms with Gasteiger partial charge in [-0.1, -0.05) is 30.3 Å². The van der Waals surface area contributed by atoms with Crippen LogP contribution in [0.4, 0.5) is 8.78 Å². The number of halogens is 2. The summed E-state index contributed by atoms with van der Waals surface area (Å²) >= 11 is 0. The van der Waals surface area contributed by atoms with Gasteiger partial charge in [0.15, 0.2) is 0 Å². The van der Waals surface area contributed by atoms with Crippen molar-refractivity contribution < 1.29 is 23.0 Å². The molecule has 0 spiro atoms. The van der Waals surface area contributed by atoms with E-state index in [2.05, 4.69) is 24.1 Å². The van der Waals surface area contributed by atoms with Crippen molar-refractivity contribution in [3.05, 3.63) is 76.6 Å². The summed E-state index contributed by atoms with van der Waals surface area (Å²) in [5, 5.41) is 0. The van der Waals surface area contributed by atoms with Crippen molar-refractivity contribution in [1.82, 2.24) is 4.90 Å². The molecule has 2 aliphatic rings. The van der Waals surface area contributed by atoms with E-state index in [1.165, 1.54) is 23.8 Å². The Hall–Kier alpha value is -2.73. The number of likely N-dealkylation sites (N-methyl/N-ethyl adjacent to an activating group) is 1. The largest absolute Gasteiger partial charge is 0.496 e. The molecular formula is C25H27F2NO3. The molecule has 1 aliphatic carbocycles. The molecule has 1 fully saturated rings. The number of rotatable bonds is 5. The smallest absolute Gasteiger partial charge is 0.343 e. The number of nitrogens with zero attached hydrogens (tertiary/aromatic N) is 1. The summed E-state index contributed by atoms with van der Waals surface area (Å²) in [6.45, 7) is 2.97. The van der Waals surface area contributed by atoms with Gasteiger partial charge < -0.3 is 9.47 Å². The average Bonchev–Trinajstić information content (AvgIpc) is 3.11. The maximum absolute atomic E-state index is 13.3. The van der Waals surface area contributed by atoms with Crippen LogP contribution in [0.5, 0.6) is 5.75 Å². The normalized spacial score (nSPS) is 23.4. The molecule has 0 radical (unpaired) electrons. The average molecular weight is 427 g/mol. The molecule has 0 aromatic heterocycles. The Balaban J connectivity index is 1.61. The van der Waals surface area contributed by atoms with Gasteiger partial charge in [0, 0.05) is 23.4 Å². The molecule has 1 aliphatic heterocycles. The van der Waals surface area contributed by atoms with E-state index in [9.17, 15) is 13.6 Å². The molecule has 0 N–H and O–H groups in total. The fraction of sp³-hybridized carbons (Fsp3) is 0.400. The summed E-state index contributed by atoms with van der Waals surface area (Å²) in [6.07, 6.45) is 1.68. The first-order valence-corrected chi connectivity index (χ1v) is 10.5. The molecule has 1 saturated heterocycles. The van der Waals surface area contributed by atoms with Gasteiger partial charge in [-0.2, -0.15) is 0 Å². The van der Waals surface area contributed by atoms with Gasteiger partial charge >= 0.3 is 5.97 Å². The maximum Gasteiger partial charge on any atom is 0.343 e. The number of likely N-dealkylation sites (tertiary alicyclic amines) is 1. The SMILES string of the molecule is COc1ccc(C23CCC(OC(=O)c4ccccc4C(F)F)=CC2N(C)CC3)cc1C. The number of hydrogen-bond donors (Lipinski definition) is 0. The van der Waals surface area contributed by atoms with E-state index < -0.39 is 12.4 Å². The number of esters is 1. The summed E-state index contributed by atoms with van der Waals surface area (Å²) in [7, 11) is 3.73. The predicted molar refractivity (Wildman–Crippen MR) is 115 cm³/mol. The Morgan fingerprint density at radius 1 is 1.19 bits per heavy atom. The maximum atomic E-state index is 13.3. The second-order valence-electron chi connectivity index (χ2n) is 8.43. The number of allylic oxidation sites excluding steroid dienone is 1. The monoisotopic (exact) mass is 427 g/mol. The molecule has 4 nitrogen and oxygen atoms in total. The first-order chi connectivity index (χ1) is 14.9. The molecule has 0 saturated carbocycles. The lowest BCUT2D eigenvalue weighted by molar-refractivity contribution is 0.0582. The molecule has 6 heteroatoms. The second-order valence-corrected chi connectivity index (χ2v) is 8.43. The number of benzene rings is 2. The molecule has 2 aromatic rings. The van der Waals surface area contributed by atoms with Crippen LogP contribution >= 0.6 is 0 Å². The van der Waals surface area contributed by atoms with E-state index in [1.54, 1.807) is 13.2 Å². The third-order valence-electron chi connectivity index (χ3n) is 6.72. The Bertz CT molecular complexity index is 1020. The van der Waals surface area contributed by atoms with Gasteiger partial charge in [0.25, 0.3) is 6.43 Å². The molecule has 31 heavy (non-hydrogen) atoms. The van der Waals surface area contributed by atoms with E-state index in [1.807, 2.05) is 19.1 Å². The molecule has 2 unspecified atom stereocenters. The molecule has 2 aromatic carbocycles. The summed E-state index contributed by atoms with van der Waals surface area (Å²) in [5.74, 6) is 0.686. The molecule has 2 atom stereocenters. The zero-order chi connectivity index (χ0) is 22.2. The van der Waals surface area contributed by atoms with E-state index in [0.717, 1.165) is 30.7 Å². The lowest BCUT2D eigenvalue weighted by Gasteiger charge is -2.40. The number of carbonyl (C=O) groups excluding carboxylic acids is 1. The predicted octanol–water partition coefficient (Wildman–Crippen LogP) is 5.42. The zero-order valence-electron chi connectivity index (χ0n) is 18.0. The van der Waals surface area contributed by atoms with Crippen LogP contribution in [-0.4, -0.2) is 37.6 Å². The fourth-order valence-corrected chi connectivity index (χ4v) is 5.03. The van der Waals surface area contributed by atoms with Crippen molar-refractivity contribution in [2.45, 2.75) is 44.1 Å². The number of ether oxygens (including phenoxy) is 2. The molecule has 164 valence electrons. The Labute approximate surface area is 181 Å². The minimum Gasteiger partial charge on any atom is -0.496 e. The van der Waals surface area contributed by atoms with Crippen molar-refractivity contribution in [3.8, 4) is 5.75 Å². The third kappa shape index (κ3) is 3.85. The number of aryl methyl sites for hydroxylation is 1. The molecular weight excluding hydrogens is 400 g/mol. The van der Waals surface area contributed by atoms with Gasteiger partial charge in [-0.05, 0) is 62.7 Å². The van der Waals surface area contributed by atoms with Crippen molar-refractivity contribution in [2.24, 2.45) is 0 Å². The summed E-state index contributed by atoms with van der Waals surface area (Å²) < 4.78 is 37.6. The standard InChI is InChI=1S/C25H27F2NO3/c1-16-14-17(8-9-21(16)30-3)25-11-10-18(15-22(25)28(2)13-12-25)31-24(29)20-7-5-4-6-19(20)23(26)27/h4-9,14-15,22-23H,10-13H2,1-3H3. The lowest BCUT2D eigenvalue weighted by Crippen LogP contribution is -2.42. The first kappa shape index (κ1) is 21.5. The summed E-state index contributed by atoms with van der Waals surface area (Å²) in [5.41, 5.74) is 1.89. The Morgan fingerprint density at radius 3 is 2.68 bits per heavy atom. The van der Waals surface area contributed by atoms with E-state index in [4.69, 9.17) is 9.47 Å². The molecule has 1 heterocycles. The van der Waals surface area contributed by atoms with Crippen molar-refractivity contribution in [2.75, 3.05) is 20.7 Å². The van der Waals surface area contributed by atoms with Crippen LogP contribution in [0, 0.1) is 6.92 Å². The van der Waals surface area contributed by atoms with Crippen LogP contribution in [0.25, 0.3) is 0 Å². The third-order valence-corrected chi connectivity index (χ3v) is 6.72. The van der Waals surface area contributed by atoms with E-state index >= 15 is 0 Å². The highest BCUT2D eigenvalue weighted by atomic mass is 19.3. The van der Waals surface area contributed by atoms with Crippen LogP contribution in [-0.2, 0) is 10.2 Å². The number of methoxy groups -OCH3 is 1. The molecule has 0 amide bonds. The zero-order valence-corrected chi connectivity index (χ0v) is 18.0. The van der Waals surface area contributed by atoms with Crippen LogP contribution < -0.4 is 4.74 Å². The van der Waals surface area contributed by atoms with Gasteiger partial charge in [0.1, 0.15) is 11.5 Å². The molecule has 4 rings (SSSR count). The van der Waals surface area contributed by atoms with Crippen molar-refractivity contribution >= 4 is 5.97 Å². The minimum atomic E-state index is -2.73. The highest BCUT2D eigenvalue weighted by molar-refractivity contribution is 5.91. The van der Waals surface area contributed by atoms with Gasteiger partial charge in [-0.15, -0.1) is 0 Å². The number of hydrogen-bond acceptors (Lipinski definition) is 4. The Kier molecular flexibility index (Phi) is 5.84. The van der Waals surface area contributed by atoms with E-state index in [0.29, 0.717) is 12.2 Å². The number of alkyl halides is 2. The van der Waals surface area contributed by atoms with Crippen LogP contribution in [0.2, 0.25) is 0 Å². The molecule has 0 bridgehead atoms. The van der Waals surface area contributed by atoms with Gasteiger partial charge in [-0.25, -0.2) is 13.6 Å². The van der Waals surface area contributed by atoms with Crippen LogP contribution in [0.15, 0.2) is 54.3 Å². The highest BCUT2D eigenvalue weighted by Gasteiger charge is 2.48. The second kappa shape index (κ2) is 8.42. The van der Waals surface area contributed by atoms with Crippen LogP contribution in [0.3, 0.4) is 0 Å².